The van der Waals surface area contributed by atoms with E-state index < -0.39 is 11.5 Å². The van der Waals surface area contributed by atoms with Gasteiger partial charge in [-0.1, -0.05) is 35.9 Å². The number of hydrogen-bond acceptors (Lipinski definition) is 4. The first-order valence-corrected chi connectivity index (χ1v) is 9.18. The summed E-state index contributed by atoms with van der Waals surface area (Å²) in [5, 5.41) is 13.9. The first-order chi connectivity index (χ1) is 14.0. The summed E-state index contributed by atoms with van der Waals surface area (Å²) >= 11 is 6.34. The molecule has 144 valence electrons. The third kappa shape index (κ3) is 3.39. The minimum atomic E-state index is -0.847. The Kier molecular flexibility index (Phi) is 4.87. The summed E-state index contributed by atoms with van der Waals surface area (Å²) in [6, 6.07) is 15.5. The number of imidazole rings is 1. The van der Waals surface area contributed by atoms with Crippen LogP contribution in [0, 0.1) is 17.1 Å². The minimum absolute atomic E-state index is 0.0827. The van der Waals surface area contributed by atoms with E-state index in [9.17, 15) is 14.4 Å². The van der Waals surface area contributed by atoms with Gasteiger partial charge in [0.2, 0.25) is 0 Å². The molecule has 0 amide bonds. The van der Waals surface area contributed by atoms with Gasteiger partial charge in [-0.15, -0.1) is 0 Å². The smallest absolute Gasteiger partial charge is 0.286 e. The highest BCUT2D eigenvalue weighted by Crippen LogP contribution is 2.29. The van der Waals surface area contributed by atoms with Crippen LogP contribution in [0.5, 0.6) is 0 Å². The number of hydrogen-bond donors (Lipinski definition) is 0. The van der Waals surface area contributed by atoms with Gasteiger partial charge in [-0.2, -0.15) is 10.4 Å². The van der Waals surface area contributed by atoms with Crippen molar-refractivity contribution >= 4 is 22.6 Å². The molecule has 2 heterocycles. The molecule has 29 heavy (non-hydrogen) atoms. The monoisotopic (exact) mass is 407 g/mol. The number of nitrogens with zero attached hydrogens (tertiary/aromatic N) is 5. The van der Waals surface area contributed by atoms with Crippen LogP contribution in [0.2, 0.25) is 5.02 Å². The van der Waals surface area contributed by atoms with Crippen LogP contribution in [0.15, 0.2) is 59.5 Å². The van der Waals surface area contributed by atoms with Crippen molar-refractivity contribution in [1.82, 2.24) is 19.3 Å². The number of benzene rings is 2. The van der Waals surface area contributed by atoms with Crippen LogP contribution in [-0.4, -0.2) is 19.3 Å². The van der Waals surface area contributed by atoms with Crippen LogP contribution < -0.4 is 5.56 Å². The van der Waals surface area contributed by atoms with Crippen molar-refractivity contribution in [3.63, 3.8) is 0 Å². The maximum atomic E-state index is 13.1. The third-order valence-corrected chi connectivity index (χ3v) is 5.16. The Morgan fingerprint density at radius 3 is 2.62 bits per heavy atom. The Labute approximate surface area is 170 Å². The van der Waals surface area contributed by atoms with Gasteiger partial charge < -0.3 is 4.57 Å². The van der Waals surface area contributed by atoms with Crippen LogP contribution in [0.3, 0.4) is 0 Å². The van der Waals surface area contributed by atoms with Gasteiger partial charge in [0.05, 0.1) is 29.8 Å². The summed E-state index contributed by atoms with van der Waals surface area (Å²) < 4.78 is 16.1. The van der Waals surface area contributed by atoms with Crippen molar-refractivity contribution in [2.24, 2.45) is 7.05 Å². The van der Waals surface area contributed by atoms with Gasteiger partial charge in [-0.25, -0.2) is 14.1 Å². The molecule has 0 aliphatic carbocycles. The molecule has 2 aromatic heterocycles. The molecular formula is C21H15ClFN5O. The minimum Gasteiger partial charge on any atom is -0.330 e. The zero-order chi connectivity index (χ0) is 20.5. The second-order valence-electron chi connectivity index (χ2n) is 6.58. The van der Waals surface area contributed by atoms with Crippen molar-refractivity contribution < 1.29 is 4.39 Å². The predicted molar refractivity (Wildman–Crippen MR) is 107 cm³/mol. The molecule has 0 N–H and O–H groups in total. The van der Waals surface area contributed by atoms with Gasteiger partial charge in [0, 0.05) is 12.6 Å². The number of halogens is 2. The molecular weight excluding hydrogens is 393 g/mol. The van der Waals surface area contributed by atoms with E-state index in [0.29, 0.717) is 17.0 Å². The summed E-state index contributed by atoms with van der Waals surface area (Å²) in [5.74, 6) is -0.726. The fraction of sp³-hybridized carbons (Fsp3) is 0.143. The number of fused-ring (bicyclic) bond motifs is 1. The number of rotatable bonds is 4. The molecule has 4 aromatic rings. The van der Waals surface area contributed by atoms with E-state index in [1.54, 1.807) is 12.1 Å². The van der Waals surface area contributed by atoms with Crippen LogP contribution in [0.4, 0.5) is 4.39 Å². The van der Waals surface area contributed by atoms with E-state index in [-0.39, 0.29) is 17.4 Å². The second-order valence-corrected chi connectivity index (χ2v) is 6.96. The Morgan fingerprint density at radius 1 is 1.21 bits per heavy atom. The molecule has 0 fully saturated rings. The van der Waals surface area contributed by atoms with E-state index in [1.807, 2.05) is 35.9 Å². The Bertz CT molecular complexity index is 1300. The zero-order valence-corrected chi connectivity index (χ0v) is 16.1. The SMILES string of the molecule is Cn1c([C@@H](C#N)c2cnn(Cc3ccc(F)cc3)c(=O)c2Cl)nc2ccccc21. The van der Waals surface area contributed by atoms with Gasteiger partial charge in [-0.3, -0.25) is 4.79 Å². The van der Waals surface area contributed by atoms with E-state index in [0.717, 1.165) is 11.0 Å². The van der Waals surface area contributed by atoms with Gasteiger partial charge in [0.1, 0.15) is 22.6 Å². The summed E-state index contributed by atoms with van der Waals surface area (Å²) in [5.41, 5.74) is 2.10. The van der Waals surface area contributed by atoms with Gasteiger partial charge in [0.15, 0.2) is 0 Å². The molecule has 0 aliphatic heterocycles. The van der Waals surface area contributed by atoms with Crippen LogP contribution in [-0.2, 0) is 13.6 Å². The number of aromatic nitrogens is 4. The standard InChI is InChI=1S/C21H15ClFN5O/c1-27-18-5-3-2-4-17(18)26-20(27)15(10-24)16-11-25-28(21(29)19(16)22)12-13-6-8-14(23)9-7-13/h2-9,11,15H,12H2,1H3/t15-/m0/s1. The Morgan fingerprint density at radius 2 is 1.93 bits per heavy atom. The summed E-state index contributed by atoms with van der Waals surface area (Å²) in [6.07, 6.45) is 1.42. The lowest BCUT2D eigenvalue weighted by Crippen LogP contribution is -2.26. The molecule has 0 aliphatic rings. The van der Waals surface area contributed by atoms with Crippen LogP contribution in [0.1, 0.15) is 22.9 Å². The van der Waals surface area contributed by atoms with Crippen molar-refractivity contribution in [2.45, 2.75) is 12.5 Å². The van der Waals surface area contributed by atoms with E-state index in [2.05, 4.69) is 16.2 Å². The Hall–Kier alpha value is -3.50. The quantitative estimate of drug-likeness (QED) is 0.517. The maximum absolute atomic E-state index is 13.1. The predicted octanol–water partition coefficient (Wildman–Crippen LogP) is 3.63. The lowest BCUT2D eigenvalue weighted by atomic mass is 10.0. The largest absolute Gasteiger partial charge is 0.330 e. The van der Waals surface area contributed by atoms with Gasteiger partial charge in [0.25, 0.3) is 5.56 Å². The van der Waals surface area contributed by atoms with Crippen LogP contribution in [0.25, 0.3) is 11.0 Å². The molecule has 8 heteroatoms. The van der Waals surface area contributed by atoms with Gasteiger partial charge in [-0.05, 0) is 29.8 Å². The molecule has 0 radical (unpaired) electrons. The highest BCUT2D eigenvalue weighted by molar-refractivity contribution is 6.31. The van der Waals surface area contributed by atoms with Gasteiger partial charge >= 0.3 is 0 Å². The van der Waals surface area contributed by atoms with E-state index in [1.165, 1.54) is 23.0 Å². The maximum Gasteiger partial charge on any atom is 0.286 e. The number of aryl methyl sites for hydroxylation is 1. The van der Waals surface area contributed by atoms with Crippen LogP contribution >= 0.6 is 11.6 Å². The normalized spacial score (nSPS) is 12.1. The van der Waals surface area contributed by atoms with E-state index >= 15 is 0 Å². The first-order valence-electron chi connectivity index (χ1n) is 8.80. The average molecular weight is 408 g/mol. The lowest BCUT2D eigenvalue weighted by molar-refractivity contribution is 0.616. The van der Waals surface area contributed by atoms with E-state index in [4.69, 9.17) is 11.6 Å². The fourth-order valence-corrected chi connectivity index (χ4v) is 3.50. The van der Waals surface area contributed by atoms with Crippen molar-refractivity contribution in [2.75, 3.05) is 0 Å². The topological polar surface area (TPSA) is 76.5 Å². The third-order valence-electron chi connectivity index (χ3n) is 4.78. The van der Waals surface area contributed by atoms with Crippen molar-refractivity contribution in [1.29, 1.82) is 5.26 Å². The molecule has 0 unspecified atom stereocenters. The molecule has 1 atom stereocenters. The summed E-state index contributed by atoms with van der Waals surface area (Å²) in [4.78, 5) is 17.3. The molecule has 0 saturated heterocycles. The lowest BCUT2D eigenvalue weighted by Gasteiger charge is -2.13. The van der Waals surface area contributed by atoms with Crippen molar-refractivity contribution in [3.05, 3.63) is 92.9 Å². The average Bonchev–Trinajstić information content (AvgIpc) is 3.06. The summed E-state index contributed by atoms with van der Waals surface area (Å²) in [6.45, 7) is 0.141. The Balaban J connectivity index is 1.74. The zero-order valence-electron chi connectivity index (χ0n) is 15.4. The number of nitriles is 1. The molecule has 6 nitrogen and oxygen atoms in total. The molecule has 0 saturated carbocycles. The first kappa shape index (κ1) is 18.8. The highest BCUT2D eigenvalue weighted by atomic mass is 35.5. The molecule has 4 rings (SSSR count). The molecule has 0 bridgehead atoms. The second kappa shape index (κ2) is 7.49. The number of para-hydroxylation sites is 2. The highest BCUT2D eigenvalue weighted by Gasteiger charge is 2.25. The molecule has 2 aromatic carbocycles. The van der Waals surface area contributed by atoms with Crippen molar-refractivity contribution in [3.8, 4) is 6.07 Å². The summed E-state index contributed by atoms with van der Waals surface area (Å²) in [7, 11) is 1.81. The molecule has 0 spiro atoms. The fourth-order valence-electron chi connectivity index (χ4n) is 3.24.